The minimum Gasteiger partial charge on any atom is -0.463 e. The van der Waals surface area contributed by atoms with Crippen LogP contribution in [-0.4, -0.2) is 16.6 Å². The Hall–Kier alpha value is -0.640. The zero-order valence-corrected chi connectivity index (χ0v) is 9.25. The van der Waals surface area contributed by atoms with E-state index < -0.39 is 0 Å². The number of aromatic nitrogens is 2. The molecule has 0 spiro atoms. The first-order chi connectivity index (χ1) is 6.33. The third kappa shape index (κ3) is 4.22. The lowest BCUT2D eigenvalue weighted by Crippen LogP contribution is -2.00. The Labute approximate surface area is 86.7 Å². The van der Waals surface area contributed by atoms with Crippen LogP contribution in [0.4, 0.5) is 0 Å². The van der Waals surface area contributed by atoms with E-state index in [4.69, 9.17) is 4.74 Å². The second kappa shape index (κ2) is 5.91. The number of hydrogen-bond acceptors (Lipinski definition) is 3. The van der Waals surface area contributed by atoms with Gasteiger partial charge in [0.2, 0.25) is 0 Å². The van der Waals surface area contributed by atoms with Crippen LogP contribution in [-0.2, 0) is 0 Å². The summed E-state index contributed by atoms with van der Waals surface area (Å²) < 4.78 is 6.09. The second-order valence-electron chi connectivity index (χ2n) is 2.72. The molecule has 0 saturated heterocycles. The first-order valence-corrected chi connectivity index (χ1v) is 5.23. The first-order valence-electron chi connectivity index (χ1n) is 4.44. The fourth-order valence-corrected chi connectivity index (χ4v) is 1.18. The molecule has 0 N–H and O–H groups in total. The molecule has 4 heteroatoms. The number of hydrogen-bond donors (Lipinski definition) is 0. The topological polar surface area (TPSA) is 35.0 Å². The molecule has 0 aliphatic heterocycles. The molecule has 1 aromatic rings. The van der Waals surface area contributed by atoms with Gasteiger partial charge in [0.1, 0.15) is 4.60 Å². The molecular formula is C9H13BrN2O. The summed E-state index contributed by atoms with van der Waals surface area (Å²) in [7, 11) is 0. The summed E-state index contributed by atoms with van der Waals surface area (Å²) in [6.07, 6.45) is 5.12. The number of ether oxygens (including phenoxy) is 1. The van der Waals surface area contributed by atoms with Crippen LogP contribution in [0.5, 0.6) is 6.01 Å². The van der Waals surface area contributed by atoms with Crippen molar-refractivity contribution in [3.05, 3.63) is 16.9 Å². The highest BCUT2D eigenvalue weighted by Crippen LogP contribution is 2.08. The summed E-state index contributed by atoms with van der Waals surface area (Å²) in [5.41, 5.74) is 0. The van der Waals surface area contributed by atoms with Gasteiger partial charge in [-0.05, 0) is 28.4 Å². The van der Waals surface area contributed by atoms with Crippen LogP contribution in [0.2, 0.25) is 0 Å². The van der Waals surface area contributed by atoms with Gasteiger partial charge in [0.15, 0.2) is 0 Å². The summed E-state index contributed by atoms with van der Waals surface area (Å²) >= 11 is 3.25. The Morgan fingerprint density at radius 3 is 3.00 bits per heavy atom. The SMILES string of the molecule is CCCCCOc1nccc(Br)n1. The number of halogens is 1. The highest BCUT2D eigenvalue weighted by Gasteiger charge is 1.96. The number of nitrogens with zero attached hydrogens (tertiary/aromatic N) is 2. The lowest BCUT2D eigenvalue weighted by molar-refractivity contribution is 0.282. The van der Waals surface area contributed by atoms with Crippen molar-refractivity contribution in [1.29, 1.82) is 0 Å². The molecule has 1 aromatic heterocycles. The predicted molar refractivity (Wildman–Crippen MR) is 54.8 cm³/mol. The van der Waals surface area contributed by atoms with Gasteiger partial charge in [0.05, 0.1) is 6.61 Å². The summed E-state index contributed by atoms with van der Waals surface area (Å²) in [4.78, 5) is 8.03. The molecule has 0 aromatic carbocycles. The summed E-state index contributed by atoms with van der Waals surface area (Å²) in [5, 5.41) is 0. The van der Waals surface area contributed by atoms with Crippen molar-refractivity contribution in [2.24, 2.45) is 0 Å². The van der Waals surface area contributed by atoms with E-state index in [0.717, 1.165) is 11.0 Å². The Bertz CT molecular complexity index is 255. The fourth-order valence-electron chi connectivity index (χ4n) is 0.905. The first kappa shape index (κ1) is 10.4. The van der Waals surface area contributed by atoms with E-state index in [1.165, 1.54) is 12.8 Å². The Morgan fingerprint density at radius 1 is 1.46 bits per heavy atom. The molecule has 0 aliphatic rings. The average molecular weight is 245 g/mol. The Morgan fingerprint density at radius 2 is 2.31 bits per heavy atom. The molecule has 0 atom stereocenters. The van der Waals surface area contributed by atoms with Crippen molar-refractivity contribution in [3.63, 3.8) is 0 Å². The van der Waals surface area contributed by atoms with Crippen LogP contribution in [0.3, 0.4) is 0 Å². The molecule has 1 heterocycles. The van der Waals surface area contributed by atoms with Crippen molar-refractivity contribution in [1.82, 2.24) is 9.97 Å². The monoisotopic (exact) mass is 244 g/mol. The van der Waals surface area contributed by atoms with Crippen molar-refractivity contribution < 1.29 is 4.74 Å². The van der Waals surface area contributed by atoms with Gasteiger partial charge in [-0.15, -0.1) is 0 Å². The Kier molecular flexibility index (Phi) is 4.75. The van der Waals surface area contributed by atoms with Crippen LogP contribution in [0, 0.1) is 0 Å². The molecular weight excluding hydrogens is 232 g/mol. The predicted octanol–water partition coefficient (Wildman–Crippen LogP) is 2.81. The molecule has 13 heavy (non-hydrogen) atoms. The zero-order valence-electron chi connectivity index (χ0n) is 7.66. The standard InChI is InChI=1S/C9H13BrN2O/c1-2-3-4-7-13-9-11-6-5-8(10)12-9/h5-6H,2-4,7H2,1H3. The highest BCUT2D eigenvalue weighted by atomic mass is 79.9. The Balaban J connectivity index is 2.28. The maximum absolute atomic E-state index is 5.34. The van der Waals surface area contributed by atoms with Crippen LogP contribution in [0.1, 0.15) is 26.2 Å². The van der Waals surface area contributed by atoms with E-state index in [9.17, 15) is 0 Å². The van der Waals surface area contributed by atoms with Gasteiger partial charge in [-0.1, -0.05) is 19.8 Å². The average Bonchev–Trinajstić information content (AvgIpc) is 2.13. The second-order valence-corrected chi connectivity index (χ2v) is 3.53. The third-order valence-electron chi connectivity index (χ3n) is 1.58. The maximum Gasteiger partial charge on any atom is 0.317 e. The van der Waals surface area contributed by atoms with E-state index >= 15 is 0 Å². The van der Waals surface area contributed by atoms with Crippen molar-refractivity contribution in [2.75, 3.05) is 6.61 Å². The number of unbranched alkanes of at least 4 members (excludes halogenated alkanes) is 2. The van der Waals surface area contributed by atoms with Crippen molar-refractivity contribution >= 4 is 15.9 Å². The van der Waals surface area contributed by atoms with Gasteiger partial charge in [-0.3, -0.25) is 0 Å². The number of rotatable bonds is 5. The van der Waals surface area contributed by atoms with Gasteiger partial charge in [0, 0.05) is 6.20 Å². The lowest BCUT2D eigenvalue weighted by Gasteiger charge is -2.02. The molecule has 3 nitrogen and oxygen atoms in total. The van der Waals surface area contributed by atoms with Gasteiger partial charge >= 0.3 is 6.01 Å². The molecule has 0 fully saturated rings. The van der Waals surface area contributed by atoms with Gasteiger partial charge in [0.25, 0.3) is 0 Å². The van der Waals surface area contributed by atoms with E-state index in [2.05, 4.69) is 32.8 Å². The van der Waals surface area contributed by atoms with Crippen molar-refractivity contribution in [2.45, 2.75) is 26.2 Å². The normalized spacial score (nSPS) is 10.0. The van der Waals surface area contributed by atoms with Crippen LogP contribution in [0.15, 0.2) is 16.9 Å². The lowest BCUT2D eigenvalue weighted by atomic mass is 10.3. The fraction of sp³-hybridized carbons (Fsp3) is 0.556. The van der Waals surface area contributed by atoms with Crippen LogP contribution >= 0.6 is 15.9 Å². The molecule has 0 bridgehead atoms. The van der Waals surface area contributed by atoms with Crippen LogP contribution in [0.25, 0.3) is 0 Å². The van der Waals surface area contributed by atoms with Gasteiger partial charge < -0.3 is 4.74 Å². The van der Waals surface area contributed by atoms with E-state index in [-0.39, 0.29) is 0 Å². The molecule has 1 rings (SSSR count). The third-order valence-corrected chi connectivity index (χ3v) is 2.02. The summed E-state index contributed by atoms with van der Waals surface area (Å²) in [5.74, 6) is 0. The van der Waals surface area contributed by atoms with E-state index in [1.807, 2.05) is 0 Å². The van der Waals surface area contributed by atoms with Gasteiger partial charge in [-0.25, -0.2) is 4.98 Å². The summed E-state index contributed by atoms with van der Waals surface area (Å²) in [6, 6.07) is 2.23. The minimum absolute atomic E-state index is 0.450. The van der Waals surface area contributed by atoms with Gasteiger partial charge in [-0.2, -0.15) is 4.98 Å². The van der Waals surface area contributed by atoms with Crippen molar-refractivity contribution in [3.8, 4) is 6.01 Å². The highest BCUT2D eigenvalue weighted by molar-refractivity contribution is 9.10. The van der Waals surface area contributed by atoms with E-state index in [0.29, 0.717) is 12.6 Å². The van der Waals surface area contributed by atoms with E-state index in [1.54, 1.807) is 12.3 Å². The molecule has 0 unspecified atom stereocenters. The maximum atomic E-state index is 5.34. The quantitative estimate of drug-likeness (QED) is 0.591. The minimum atomic E-state index is 0.450. The zero-order chi connectivity index (χ0) is 9.52. The molecule has 0 saturated carbocycles. The molecule has 72 valence electrons. The molecule has 0 aliphatic carbocycles. The van der Waals surface area contributed by atoms with Crippen LogP contribution < -0.4 is 4.74 Å². The largest absolute Gasteiger partial charge is 0.463 e. The molecule has 0 radical (unpaired) electrons. The summed E-state index contributed by atoms with van der Waals surface area (Å²) in [6.45, 7) is 2.86. The molecule has 0 amide bonds. The smallest absolute Gasteiger partial charge is 0.317 e.